The van der Waals surface area contributed by atoms with Gasteiger partial charge in [-0.15, -0.1) is 5.10 Å². The number of carbonyl (C=O) groups is 1. The molecule has 2 N–H and O–H groups in total. The van der Waals surface area contributed by atoms with Crippen molar-refractivity contribution in [2.75, 3.05) is 42.9 Å². The van der Waals surface area contributed by atoms with Gasteiger partial charge in [-0.25, -0.2) is 14.2 Å². The van der Waals surface area contributed by atoms with Crippen LogP contribution in [0.2, 0.25) is 0 Å². The first-order chi connectivity index (χ1) is 15.2. The molecule has 32 heavy (non-hydrogen) atoms. The maximum absolute atomic E-state index is 13.4. The molecule has 0 atom stereocenters. The van der Waals surface area contributed by atoms with E-state index in [1.807, 2.05) is 16.3 Å². The van der Waals surface area contributed by atoms with E-state index in [0.717, 1.165) is 46.7 Å². The molecule has 0 saturated carbocycles. The predicted molar refractivity (Wildman–Crippen MR) is 127 cm³/mol. The summed E-state index contributed by atoms with van der Waals surface area (Å²) < 4.78 is 15.3. The third-order valence-electron chi connectivity index (χ3n) is 5.17. The van der Waals surface area contributed by atoms with E-state index in [2.05, 4.69) is 36.3 Å². The fourth-order valence-electron chi connectivity index (χ4n) is 3.59. The highest BCUT2D eigenvalue weighted by Gasteiger charge is 2.26. The number of nitrogens with one attached hydrogen (secondary N) is 2. The molecule has 1 saturated heterocycles. The second kappa shape index (κ2) is 8.93. The highest BCUT2D eigenvalue weighted by atomic mass is 32.1. The maximum atomic E-state index is 13.4. The third kappa shape index (κ3) is 4.79. The lowest BCUT2D eigenvalue weighted by Gasteiger charge is -2.34. The number of anilines is 2. The maximum Gasteiger partial charge on any atom is 0.317 e. The lowest BCUT2D eigenvalue weighted by molar-refractivity contribution is 0.194. The van der Waals surface area contributed by atoms with Crippen molar-refractivity contribution in [1.29, 1.82) is 0 Å². The van der Waals surface area contributed by atoms with Gasteiger partial charge in [0.25, 0.3) is 0 Å². The molecule has 1 fully saturated rings. The van der Waals surface area contributed by atoms with E-state index < -0.39 is 0 Å². The Hall–Kier alpha value is -2.88. The molecular formula is C22H30FN7OS. The molecule has 0 bridgehead atoms. The van der Waals surface area contributed by atoms with Crippen LogP contribution >= 0.6 is 11.3 Å². The summed E-state index contributed by atoms with van der Waals surface area (Å²) >= 11 is 1.52. The van der Waals surface area contributed by atoms with Gasteiger partial charge in [0, 0.05) is 43.8 Å². The van der Waals surface area contributed by atoms with Gasteiger partial charge < -0.3 is 20.4 Å². The largest absolute Gasteiger partial charge is 0.364 e. The Morgan fingerprint density at radius 3 is 2.47 bits per heavy atom. The second-order valence-electron chi connectivity index (χ2n) is 8.98. The minimum absolute atomic E-state index is 0.000967. The molecular weight excluding hydrogens is 429 g/mol. The predicted octanol–water partition coefficient (Wildman–Crippen LogP) is 4.05. The Bertz CT molecular complexity index is 1080. The molecule has 4 rings (SSSR count). The van der Waals surface area contributed by atoms with Crippen LogP contribution in [0.15, 0.2) is 24.3 Å². The van der Waals surface area contributed by atoms with E-state index in [1.165, 1.54) is 23.5 Å². The summed E-state index contributed by atoms with van der Waals surface area (Å²) in [6.07, 6.45) is 0.926. The lowest BCUT2D eigenvalue weighted by Crippen LogP contribution is -2.52. The molecule has 1 aliphatic rings. The van der Waals surface area contributed by atoms with Gasteiger partial charge in [-0.05, 0) is 51.5 Å². The van der Waals surface area contributed by atoms with Gasteiger partial charge in [0.05, 0.1) is 0 Å². The summed E-state index contributed by atoms with van der Waals surface area (Å²) in [6, 6.07) is 6.36. The van der Waals surface area contributed by atoms with Crippen molar-refractivity contribution in [1.82, 2.24) is 24.8 Å². The minimum Gasteiger partial charge on any atom is -0.364 e. The van der Waals surface area contributed by atoms with Gasteiger partial charge in [-0.3, -0.25) is 0 Å². The van der Waals surface area contributed by atoms with Crippen LogP contribution in [0.3, 0.4) is 0 Å². The van der Waals surface area contributed by atoms with Gasteiger partial charge in [0.1, 0.15) is 11.5 Å². The van der Waals surface area contributed by atoms with Crippen LogP contribution in [0, 0.1) is 5.82 Å². The smallest absolute Gasteiger partial charge is 0.317 e. The Labute approximate surface area is 191 Å². The number of imidazole rings is 1. The SMILES string of the molecule is CCCNC(=O)N1CCN(c2nn3c(NC(C)(C)C)c(-c4ccc(F)cc4)nc3s2)CC1. The van der Waals surface area contributed by atoms with Crippen molar-refractivity contribution >= 4 is 33.3 Å². The number of fused-ring (bicyclic) bond motifs is 1. The van der Waals surface area contributed by atoms with E-state index in [4.69, 9.17) is 10.1 Å². The molecule has 1 aromatic carbocycles. The number of hydrogen-bond donors (Lipinski definition) is 2. The first kappa shape index (κ1) is 22.3. The Morgan fingerprint density at radius 2 is 1.84 bits per heavy atom. The van der Waals surface area contributed by atoms with Crippen LogP contribution in [0.1, 0.15) is 34.1 Å². The van der Waals surface area contributed by atoms with Crippen LogP contribution in [-0.2, 0) is 0 Å². The molecule has 0 unspecified atom stereocenters. The normalized spacial score (nSPS) is 14.8. The first-order valence-electron chi connectivity index (χ1n) is 11.0. The number of urea groups is 1. The number of rotatable bonds is 5. The summed E-state index contributed by atoms with van der Waals surface area (Å²) in [4.78, 5) is 21.8. The van der Waals surface area contributed by atoms with Crippen LogP contribution in [0.25, 0.3) is 16.2 Å². The van der Waals surface area contributed by atoms with Crippen molar-refractivity contribution in [2.24, 2.45) is 0 Å². The van der Waals surface area contributed by atoms with Gasteiger partial charge in [0.15, 0.2) is 5.82 Å². The number of halogens is 1. The zero-order chi connectivity index (χ0) is 22.9. The fraction of sp³-hybridized carbons (Fsp3) is 0.500. The molecule has 10 heteroatoms. The Morgan fingerprint density at radius 1 is 1.16 bits per heavy atom. The summed E-state index contributed by atoms with van der Waals surface area (Å²) in [5.74, 6) is 0.516. The van der Waals surface area contributed by atoms with E-state index >= 15 is 0 Å². The molecule has 2 amide bonds. The highest BCUT2D eigenvalue weighted by Crippen LogP contribution is 2.35. The van der Waals surface area contributed by atoms with E-state index in [9.17, 15) is 9.18 Å². The van der Waals surface area contributed by atoms with E-state index in [0.29, 0.717) is 19.6 Å². The monoisotopic (exact) mass is 459 g/mol. The quantitative estimate of drug-likeness (QED) is 0.602. The zero-order valence-corrected chi connectivity index (χ0v) is 19.8. The van der Waals surface area contributed by atoms with Crippen molar-refractivity contribution < 1.29 is 9.18 Å². The van der Waals surface area contributed by atoms with Crippen molar-refractivity contribution in [2.45, 2.75) is 39.7 Å². The summed E-state index contributed by atoms with van der Waals surface area (Å²) in [5, 5.41) is 12.2. The molecule has 0 spiro atoms. The Balaban J connectivity index is 1.58. The van der Waals surface area contributed by atoms with Crippen molar-refractivity contribution in [3.05, 3.63) is 30.1 Å². The molecule has 1 aliphatic heterocycles. The van der Waals surface area contributed by atoms with E-state index in [1.54, 1.807) is 12.1 Å². The van der Waals surface area contributed by atoms with Gasteiger partial charge in [-0.1, -0.05) is 18.3 Å². The number of amides is 2. The number of nitrogens with zero attached hydrogens (tertiary/aromatic N) is 5. The summed E-state index contributed by atoms with van der Waals surface area (Å²) in [5.41, 5.74) is 1.39. The first-order valence-corrected chi connectivity index (χ1v) is 11.8. The van der Waals surface area contributed by atoms with Gasteiger partial charge >= 0.3 is 6.03 Å². The van der Waals surface area contributed by atoms with Crippen LogP contribution in [-0.4, -0.2) is 63.8 Å². The Kier molecular flexibility index (Phi) is 6.23. The van der Waals surface area contributed by atoms with Crippen LogP contribution in [0.4, 0.5) is 20.1 Å². The van der Waals surface area contributed by atoms with Crippen LogP contribution < -0.4 is 15.5 Å². The number of carbonyl (C=O) groups excluding carboxylic acids is 1. The summed E-state index contributed by atoms with van der Waals surface area (Å²) in [6.45, 7) is 11.7. The summed E-state index contributed by atoms with van der Waals surface area (Å²) in [7, 11) is 0. The molecule has 8 nitrogen and oxygen atoms in total. The highest BCUT2D eigenvalue weighted by molar-refractivity contribution is 7.20. The molecule has 0 aliphatic carbocycles. The zero-order valence-electron chi connectivity index (χ0n) is 19.0. The second-order valence-corrected chi connectivity index (χ2v) is 9.91. The average Bonchev–Trinajstić information content (AvgIpc) is 3.31. The molecule has 3 heterocycles. The van der Waals surface area contributed by atoms with Crippen LogP contribution in [0.5, 0.6) is 0 Å². The number of aromatic nitrogens is 3. The topological polar surface area (TPSA) is 77.8 Å². The van der Waals surface area contributed by atoms with Crippen molar-refractivity contribution in [3.63, 3.8) is 0 Å². The number of benzene rings is 1. The lowest BCUT2D eigenvalue weighted by atomic mass is 10.1. The fourth-order valence-corrected chi connectivity index (χ4v) is 4.54. The van der Waals surface area contributed by atoms with Crippen molar-refractivity contribution in [3.8, 4) is 11.3 Å². The molecule has 2 aromatic heterocycles. The standard InChI is InChI=1S/C22H30FN7OS/c1-5-10-24-19(31)28-11-13-29(14-12-28)21-27-30-18(26-22(2,3)4)17(25-20(30)32-21)15-6-8-16(23)9-7-15/h6-9,26H,5,10-14H2,1-4H3,(H,24,31). The van der Waals surface area contributed by atoms with Gasteiger partial charge in [-0.2, -0.15) is 4.52 Å². The number of piperazine rings is 1. The molecule has 0 radical (unpaired) electrons. The van der Waals surface area contributed by atoms with E-state index in [-0.39, 0.29) is 17.4 Å². The average molecular weight is 460 g/mol. The third-order valence-corrected chi connectivity index (χ3v) is 6.14. The molecule has 172 valence electrons. The number of hydrogen-bond acceptors (Lipinski definition) is 6. The minimum atomic E-state index is -0.275. The van der Waals surface area contributed by atoms with Gasteiger partial charge in [0.2, 0.25) is 10.1 Å². The molecule has 3 aromatic rings.